The third kappa shape index (κ3) is 4.80. The van der Waals surface area contributed by atoms with E-state index < -0.39 is 0 Å². The highest BCUT2D eigenvalue weighted by atomic mass is 35.5. The second-order valence-electron chi connectivity index (χ2n) is 5.38. The molecule has 3 rings (SSSR count). The molecule has 1 amide bonds. The molecule has 1 aromatic carbocycles. The summed E-state index contributed by atoms with van der Waals surface area (Å²) >= 11 is 5.76. The van der Waals surface area contributed by atoms with Gasteiger partial charge in [0.2, 0.25) is 17.6 Å². The van der Waals surface area contributed by atoms with Crippen LogP contribution in [0.25, 0.3) is 11.4 Å². The van der Waals surface area contributed by atoms with E-state index in [1.807, 2.05) is 31.2 Å². The van der Waals surface area contributed by atoms with Crippen LogP contribution in [0, 0.1) is 0 Å². The van der Waals surface area contributed by atoms with Crippen molar-refractivity contribution in [2.24, 2.45) is 0 Å². The number of anilines is 1. The fraction of sp³-hybridized carbons (Fsp3) is 0.222. The van der Waals surface area contributed by atoms with Gasteiger partial charge in [0.05, 0.1) is 11.6 Å². The number of ether oxygens (including phenoxy) is 1. The normalized spacial score (nSPS) is 10.5. The Balaban J connectivity index is 1.54. The highest BCUT2D eigenvalue weighted by Gasteiger charge is 2.11. The quantitative estimate of drug-likeness (QED) is 0.679. The molecule has 0 aliphatic carbocycles. The fourth-order valence-corrected chi connectivity index (χ4v) is 2.33. The minimum Gasteiger partial charge on any atom is -0.494 e. The van der Waals surface area contributed by atoms with Gasteiger partial charge in [0.25, 0.3) is 0 Å². The number of nitrogens with one attached hydrogen (secondary N) is 1. The Bertz CT molecular complexity index is 863. The topological polar surface area (TPSA) is 90.1 Å². The van der Waals surface area contributed by atoms with Gasteiger partial charge in [-0.2, -0.15) is 4.98 Å². The summed E-state index contributed by atoms with van der Waals surface area (Å²) in [5.74, 6) is 1.91. The van der Waals surface area contributed by atoms with Crippen LogP contribution in [0.5, 0.6) is 5.75 Å². The first-order chi connectivity index (χ1) is 12.6. The van der Waals surface area contributed by atoms with Gasteiger partial charge >= 0.3 is 0 Å². The molecule has 7 nitrogen and oxygen atoms in total. The molecular weight excluding hydrogens is 356 g/mol. The van der Waals surface area contributed by atoms with Gasteiger partial charge in [0.1, 0.15) is 11.6 Å². The monoisotopic (exact) mass is 372 g/mol. The van der Waals surface area contributed by atoms with Crippen molar-refractivity contribution < 1.29 is 14.1 Å². The predicted molar refractivity (Wildman–Crippen MR) is 97.1 cm³/mol. The van der Waals surface area contributed by atoms with Crippen LogP contribution in [0.15, 0.2) is 47.1 Å². The summed E-state index contributed by atoms with van der Waals surface area (Å²) in [6, 6.07) is 10.7. The molecule has 0 saturated carbocycles. The lowest BCUT2D eigenvalue weighted by atomic mass is 10.2. The van der Waals surface area contributed by atoms with Gasteiger partial charge in [-0.1, -0.05) is 16.8 Å². The minimum absolute atomic E-state index is 0.194. The zero-order valence-corrected chi connectivity index (χ0v) is 14.9. The van der Waals surface area contributed by atoms with Crippen LogP contribution < -0.4 is 10.1 Å². The number of carbonyl (C=O) groups excluding carboxylic acids is 1. The van der Waals surface area contributed by atoms with Crippen LogP contribution in [-0.4, -0.2) is 27.6 Å². The number of aromatic nitrogens is 3. The number of aryl methyl sites for hydroxylation is 1. The molecule has 0 aliphatic heterocycles. The number of halogens is 1. The minimum atomic E-state index is -0.194. The van der Waals surface area contributed by atoms with Crippen molar-refractivity contribution in [1.82, 2.24) is 15.1 Å². The fourth-order valence-electron chi connectivity index (χ4n) is 2.22. The zero-order chi connectivity index (χ0) is 18.4. The maximum Gasteiger partial charge on any atom is 0.227 e. The number of rotatable bonds is 7. The molecule has 0 fully saturated rings. The third-order valence-corrected chi connectivity index (χ3v) is 3.68. The molecule has 0 radical (unpaired) electrons. The van der Waals surface area contributed by atoms with E-state index in [4.69, 9.17) is 20.9 Å². The Kier molecular flexibility index (Phi) is 5.80. The number of hydrogen-bond acceptors (Lipinski definition) is 6. The number of amides is 1. The second kappa shape index (κ2) is 8.44. The molecule has 26 heavy (non-hydrogen) atoms. The highest BCUT2D eigenvalue weighted by Crippen LogP contribution is 2.20. The molecule has 1 N–H and O–H groups in total. The average Bonchev–Trinajstić information content (AvgIpc) is 3.12. The number of hydrogen-bond donors (Lipinski definition) is 1. The van der Waals surface area contributed by atoms with Gasteiger partial charge in [-0.25, -0.2) is 4.98 Å². The Morgan fingerprint density at radius 2 is 2.04 bits per heavy atom. The maximum absolute atomic E-state index is 12.0. The van der Waals surface area contributed by atoms with Crippen LogP contribution in [-0.2, 0) is 11.2 Å². The molecule has 0 unspecified atom stereocenters. The van der Waals surface area contributed by atoms with E-state index in [9.17, 15) is 4.79 Å². The predicted octanol–water partition coefficient (Wildman–Crippen LogP) is 3.76. The first-order valence-corrected chi connectivity index (χ1v) is 8.49. The summed E-state index contributed by atoms with van der Waals surface area (Å²) in [6.07, 6.45) is 2.01. The summed E-state index contributed by atoms with van der Waals surface area (Å²) in [5, 5.41) is 7.14. The van der Waals surface area contributed by atoms with Crippen molar-refractivity contribution in [3.63, 3.8) is 0 Å². The van der Waals surface area contributed by atoms with E-state index in [0.717, 1.165) is 11.3 Å². The lowest BCUT2D eigenvalue weighted by Crippen LogP contribution is -2.13. The summed E-state index contributed by atoms with van der Waals surface area (Å²) in [5.41, 5.74) is 0.818. The summed E-state index contributed by atoms with van der Waals surface area (Å²) < 4.78 is 10.6. The van der Waals surface area contributed by atoms with Crippen molar-refractivity contribution in [2.75, 3.05) is 11.9 Å². The van der Waals surface area contributed by atoms with E-state index >= 15 is 0 Å². The molecular formula is C18H17ClN4O3. The van der Waals surface area contributed by atoms with Crippen LogP contribution in [0.4, 0.5) is 5.82 Å². The van der Waals surface area contributed by atoms with E-state index in [-0.39, 0.29) is 12.3 Å². The van der Waals surface area contributed by atoms with Crippen LogP contribution in [0.2, 0.25) is 5.02 Å². The number of benzene rings is 1. The largest absolute Gasteiger partial charge is 0.494 e. The van der Waals surface area contributed by atoms with Crippen molar-refractivity contribution in [2.45, 2.75) is 19.8 Å². The first-order valence-electron chi connectivity index (χ1n) is 8.11. The van der Waals surface area contributed by atoms with Crippen molar-refractivity contribution in [1.29, 1.82) is 0 Å². The SMILES string of the molecule is CCOc1ccc(-c2noc(CCC(=O)Nc3ccc(Cl)cn3)n2)cc1. The van der Waals surface area contributed by atoms with E-state index in [2.05, 4.69) is 20.4 Å². The van der Waals surface area contributed by atoms with Gasteiger partial charge in [-0.05, 0) is 43.3 Å². The Morgan fingerprint density at radius 1 is 1.23 bits per heavy atom. The van der Waals surface area contributed by atoms with Crippen molar-refractivity contribution in [3.8, 4) is 17.1 Å². The Morgan fingerprint density at radius 3 is 2.73 bits per heavy atom. The molecule has 0 saturated heterocycles. The maximum atomic E-state index is 12.0. The van der Waals surface area contributed by atoms with Crippen molar-refractivity contribution >= 4 is 23.3 Å². The average molecular weight is 373 g/mol. The smallest absolute Gasteiger partial charge is 0.227 e. The first kappa shape index (κ1) is 17.9. The van der Waals surface area contributed by atoms with Gasteiger partial charge in [-0.15, -0.1) is 0 Å². The Hall–Kier alpha value is -2.93. The molecule has 2 aromatic heterocycles. The summed E-state index contributed by atoms with van der Waals surface area (Å²) in [6.45, 7) is 2.54. The van der Waals surface area contributed by atoms with E-state index in [1.165, 1.54) is 6.20 Å². The number of pyridine rings is 1. The number of carbonyl (C=O) groups is 1. The lowest BCUT2D eigenvalue weighted by Gasteiger charge is -2.02. The molecule has 3 aromatic rings. The van der Waals surface area contributed by atoms with E-state index in [0.29, 0.717) is 35.6 Å². The number of nitrogens with zero attached hydrogens (tertiary/aromatic N) is 3. The second-order valence-corrected chi connectivity index (χ2v) is 5.82. The lowest BCUT2D eigenvalue weighted by molar-refractivity contribution is -0.116. The van der Waals surface area contributed by atoms with Crippen molar-refractivity contribution in [3.05, 3.63) is 53.5 Å². The van der Waals surface area contributed by atoms with Gasteiger partial charge in [0.15, 0.2) is 0 Å². The Labute approximate surface area is 155 Å². The molecule has 0 atom stereocenters. The van der Waals surface area contributed by atoms with Crippen LogP contribution in [0.1, 0.15) is 19.2 Å². The molecule has 0 spiro atoms. The zero-order valence-electron chi connectivity index (χ0n) is 14.1. The molecule has 0 bridgehead atoms. The van der Waals surface area contributed by atoms with Crippen LogP contribution in [0.3, 0.4) is 0 Å². The standard InChI is InChI=1S/C18H17ClN4O3/c1-2-25-14-6-3-12(4-7-14)18-22-17(26-23-18)10-9-16(24)21-15-8-5-13(19)11-20-15/h3-8,11H,2,9-10H2,1H3,(H,20,21,24). The molecule has 8 heteroatoms. The highest BCUT2D eigenvalue weighted by molar-refractivity contribution is 6.30. The molecule has 2 heterocycles. The third-order valence-electron chi connectivity index (χ3n) is 3.45. The van der Waals surface area contributed by atoms with Gasteiger partial charge in [0, 0.05) is 24.6 Å². The molecule has 134 valence electrons. The summed E-state index contributed by atoms with van der Waals surface area (Å²) in [4.78, 5) is 20.3. The van der Waals surface area contributed by atoms with E-state index in [1.54, 1.807) is 12.1 Å². The molecule has 0 aliphatic rings. The summed E-state index contributed by atoms with van der Waals surface area (Å²) in [7, 11) is 0. The van der Waals surface area contributed by atoms with Crippen LogP contribution >= 0.6 is 11.6 Å². The van der Waals surface area contributed by atoms with Gasteiger partial charge in [-0.3, -0.25) is 4.79 Å². The van der Waals surface area contributed by atoms with Gasteiger partial charge < -0.3 is 14.6 Å².